The second kappa shape index (κ2) is 10.7. The van der Waals surface area contributed by atoms with Crippen molar-refractivity contribution in [1.29, 1.82) is 0 Å². The van der Waals surface area contributed by atoms with Crippen LogP contribution >= 0.6 is 0 Å². The van der Waals surface area contributed by atoms with E-state index >= 15 is 0 Å². The number of ether oxygens (including phenoxy) is 1. The van der Waals surface area contributed by atoms with E-state index in [1.54, 1.807) is 0 Å². The Balaban J connectivity index is 1.93. The number of hydrogen-bond donors (Lipinski definition) is 1. The Hall–Kier alpha value is -2.13. The fraction of sp³-hybridized carbons (Fsp3) is 0.409. The van der Waals surface area contributed by atoms with Crippen LogP contribution in [-0.2, 0) is 9.53 Å². The minimum absolute atomic E-state index is 0.0206. The van der Waals surface area contributed by atoms with Crippen LogP contribution in [0, 0.1) is 0 Å². The van der Waals surface area contributed by atoms with Crippen molar-refractivity contribution in [1.82, 2.24) is 5.32 Å². The number of nitrogens with one attached hydrogen (secondary N) is 1. The van der Waals surface area contributed by atoms with E-state index in [9.17, 15) is 4.79 Å². The van der Waals surface area contributed by atoms with Gasteiger partial charge in [0.15, 0.2) is 0 Å². The number of rotatable bonds is 10. The Kier molecular flexibility index (Phi) is 8.20. The molecule has 2 aromatic rings. The standard InChI is InChI=1S/C22H29NO2/c1-3-4-7-12-18(2)25-21(24)17-23-22(19-13-8-5-9-14-19)20-15-10-6-11-16-20/h5-6,8-11,13-16,18,22-23H,3-4,7,12,17H2,1-2H3. The van der Waals surface area contributed by atoms with Crippen LogP contribution in [-0.4, -0.2) is 18.6 Å². The number of benzene rings is 2. The molecule has 1 unspecified atom stereocenters. The topological polar surface area (TPSA) is 38.3 Å². The summed E-state index contributed by atoms with van der Waals surface area (Å²) in [6.07, 6.45) is 4.38. The maximum atomic E-state index is 12.2. The van der Waals surface area contributed by atoms with Crippen molar-refractivity contribution in [2.24, 2.45) is 0 Å². The highest BCUT2D eigenvalue weighted by Gasteiger charge is 2.16. The third-order valence-electron chi connectivity index (χ3n) is 4.26. The third-order valence-corrected chi connectivity index (χ3v) is 4.26. The average molecular weight is 339 g/mol. The number of hydrogen-bond acceptors (Lipinski definition) is 3. The maximum Gasteiger partial charge on any atom is 0.320 e. The molecule has 25 heavy (non-hydrogen) atoms. The molecule has 2 rings (SSSR count). The number of carbonyl (C=O) groups excluding carboxylic acids is 1. The SMILES string of the molecule is CCCCCC(C)OC(=O)CNC(c1ccccc1)c1ccccc1. The summed E-state index contributed by atoms with van der Waals surface area (Å²) >= 11 is 0. The number of unbranched alkanes of at least 4 members (excludes halogenated alkanes) is 2. The van der Waals surface area contributed by atoms with E-state index in [0.717, 1.165) is 24.0 Å². The molecule has 0 bridgehead atoms. The van der Waals surface area contributed by atoms with Crippen molar-refractivity contribution in [3.8, 4) is 0 Å². The molecular formula is C22H29NO2. The summed E-state index contributed by atoms with van der Waals surface area (Å²) in [5, 5.41) is 3.35. The molecule has 1 N–H and O–H groups in total. The molecule has 0 fully saturated rings. The lowest BCUT2D eigenvalue weighted by Crippen LogP contribution is -2.31. The zero-order chi connectivity index (χ0) is 17.9. The van der Waals surface area contributed by atoms with Crippen molar-refractivity contribution in [3.05, 3.63) is 71.8 Å². The molecule has 3 heteroatoms. The second-order valence-corrected chi connectivity index (χ2v) is 6.43. The summed E-state index contributed by atoms with van der Waals surface area (Å²) in [6.45, 7) is 4.35. The van der Waals surface area contributed by atoms with Gasteiger partial charge >= 0.3 is 5.97 Å². The van der Waals surface area contributed by atoms with Crippen molar-refractivity contribution >= 4 is 5.97 Å². The van der Waals surface area contributed by atoms with Gasteiger partial charge in [0.25, 0.3) is 0 Å². The Morgan fingerprint density at radius 3 is 2.04 bits per heavy atom. The van der Waals surface area contributed by atoms with Gasteiger partial charge in [-0.2, -0.15) is 0 Å². The zero-order valence-electron chi connectivity index (χ0n) is 15.3. The van der Waals surface area contributed by atoms with E-state index in [1.807, 2.05) is 43.3 Å². The van der Waals surface area contributed by atoms with E-state index in [0.29, 0.717) is 0 Å². The molecule has 0 aromatic heterocycles. The Bertz CT molecular complexity index is 573. The average Bonchev–Trinajstić information content (AvgIpc) is 2.64. The fourth-order valence-corrected chi connectivity index (χ4v) is 2.91. The van der Waals surface area contributed by atoms with Gasteiger partial charge in [0.05, 0.1) is 18.7 Å². The summed E-state index contributed by atoms with van der Waals surface area (Å²) < 4.78 is 5.52. The molecule has 1 atom stereocenters. The molecule has 0 radical (unpaired) electrons. The van der Waals surface area contributed by atoms with Crippen molar-refractivity contribution in [3.63, 3.8) is 0 Å². The summed E-state index contributed by atoms with van der Waals surface area (Å²) in [6, 6.07) is 20.3. The number of esters is 1. The number of carbonyl (C=O) groups is 1. The lowest BCUT2D eigenvalue weighted by molar-refractivity contribution is -0.147. The molecule has 2 aromatic carbocycles. The molecule has 0 amide bonds. The lowest BCUT2D eigenvalue weighted by Gasteiger charge is -2.20. The zero-order valence-corrected chi connectivity index (χ0v) is 15.3. The Labute approximate surface area is 151 Å². The smallest absolute Gasteiger partial charge is 0.320 e. The predicted octanol–water partition coefficient (Wildman–Crippen LogP) is 4.88. The van der Waals surface area contributed by atoms with Crippen LogP contribution in [0.3, 0.4) is 0 Å². The molecular weight excluding hydrogens is 310 g/mol. The molecule has 0 aliphatic rings. The largest absolute Gasteiger partial charge is 0.462 e. The highest BCUT2D eigenvalue weighted by molar-refractivity contribution is 5.72. The van der Waals surface area contributed by atoms with Crippen LogP contribution in [0.25, 0.3) is 0 Å². The van der Waals surface area contributed by atoms with Crippen LogP contribution in [0.1, 0.15) is 56.7 Å². The quantitative estimate of drug-likeness (QED) is 0.495. The van der Waals surface area contributed by atoms with Gasteiger partial charge in [0.2, 0.25) is 0 Å². The highest BCUT2D eigenvalue weighted by Crippen LogP contribution is 2.21. The van der Waals surface area contributed by atoms with E-state index < -0.39 is 0 Å². The van der Waals surface area contributed by atoms with Crippen molar-refractivity contribution in [2.45, 2.75) is 51.7 Å². The van der Waals surface area contributed by atoms with E-state index in [2.05, 4.69) is 36.5 Å². The first kappa shape index (κ1) is 19.2. The maximum absolute atomic E-state index is 12.2. The first-order chi connectivity index (χ1) is 12.2. The van der Waals surface area contributed by atoms with Crippen LogP contribution in [0.4, 0.5) is 0 Å². The lowest BCUT2D eigenvalue weighted by atomic mass is 9.99. The van der Waals surface area contributed by atoms with Gasteiger partial charge in [-0.1, -0.05) is 80.4 Å². The monoisotopic (exact) mass is 339 g/mol. The van der Waals surface area contributed by atoms with Gasteiger partial charge in [0.1, 0.15) is 0 Å². The minimum atomic E-state index is -0.194. The minimum Gasteiger partial charge on any atom is -0.462 e. The first-order valence-electron chi connectivity index (χ1n) is 9.23. The van der Waals surface area contributed by atoms with Gasteiger partial charge in [-0.3, -0.25) is 10.1 Å². The van der Waals surface area contributed by atoms with Crippen LogP contribution in [0.2, 0.25) is 0 Å². The second-order valence-electron chi connectivity index (χ2n) is 6.43. The van der Waals surface area contributed by atoms with Crippen LogP contribution in [0.5, 0.6) is 0 Å². The summed E-state index contributed by atoms with van der Waals surface area (Å²) in [7, 11) is 0. The van der Waals surface area contributed by atoms with E-state index in [-0.39, 0.29) is 24.7 Å². The summed E-state index contributed by atoms with van der Waals surface area (Å²) in [5.74, 6) is -0.194. The third kappa shape index (κ3) is 6.71. The Morgan fingerprint density at radius 1 is 0.960 bits per heavy atom. The van der Waals surface area contributed by atoms with Gasteiger partial charge in [-0.25, -0.2) is 0 Å². The molecule has 0 saturated carbocycles. The van der Waals surface area contributed by atoms with Gasteiger partial charge < -0.3 is 4.74 Å². The summed E-state index contributed by atoms with van der Waals surface area (Å²) in [5.41, 5.74) is 2.27. The Morgan fingerprint density at radius 2 is 1.52 bits per heavy atom. The molecule has 0 aliphatic heterocycles. The van der Waals surface area contributed by atoms with Gasteiger partial charge in [0, 0.05) is 0 Å². The molecule has 0 heterocycles. The predicted molar refractivity (Wildman–Crippen MR) is 102 cm³/mol. The first-order valence-corrected chi connectivity index (χ1v) is 9.23. The fourth-order valence-electron chi connectivity index (χ4n) is 2.91. The van der Waals surface area contributed by atoms with Crippen LogP contribution < -0.4 is 5.32 Å². The van der Waals surface area contributed by atoms with Crippen LogP contribution in [0.15, 0.2) is 60.7 Å². The summed E-state index contributed by atoms with van der Waals surface area (Å²) in [4.78, 5) is 12.2. The molecule has 0 saturated heterocycles. The van der Waals surface area contributed by atoms with E-state index in [1.165, 1.54) is 12.8 Å². The van der Waals surface area contributed by atoms with Gasteiger partial charge in [-0.15, -0.1) is 0 Å². The molecule has 0 aliphatic carbocycles. The van der Waals surface area contributed by atoms with Crippen molar-refractivity contribution < 1.29 is 9.53 Å². The van der Waals surface area contributed by atoms with E-state index in [4.69, 9.17) is 4.74 Å². The van der Waals surface area contributed by atoms with Crippen molar-refractivity contribution in [2.75, 3.05) is 6.54 Å². The molecule has 134 valence electrons. The normalized spacial score (nSPS) is 12.1. The van der Waals surface area contributed by atoms with Gasteiger partial charge in [-0.05, 0) is 30.9 Å². The highest BCUT2D eigenvalue weighted by atomic mass is 16.5. The molecule has 0 spiro atoms. The molecule has 3 nitrogen and oxygen atoms in total.